The number of piperazine rings is 1. The second-order valence-electron chi connectivity index (χ2n) is 7.90. The van der Waals surface area contributed by atoms with Crippen LogP contribution >= 0.6 is 0 Å². The van der Waals surface area contributed by atoms with E-state index < -0.39 is 15.8 Å². The Balaban J connectivity index is 1.44. The summed E-state index contributed by atoms with van der Waals surface area (Å²) in [4.78, 5) is 4.31. The number of ether oxygens (including phenoxy) is 2. The Morgan fingerprint density at radius 2 is 1.76 bits per heavy atom. The number of hydrogen-bond donors (Lipinski definition) is 1. The lowest BCUT2D eigenvalue weighted by atomic mass is 10.1. The van der Waals surface area contributed by atoms with Crippen LogP contribution in [0.3, 0.4) is 0 Å². The third-order valence-corrected chi connectivity index (χ3v) is 7.39. The van der Waals surface area contributed by atoms with E-state index in [-0.39, 0.29) is 23.2 Å². The van der Waals surface area contributed by atoms with Crippen molar-refractivity contribution in [2.45, 2.75) is 10.9 Å². The number of sulfonamides is 1. The molecule has 1 aliphatic heterocycles. The van der Waals surface area contributed by atoms with Crippen molar-refractivity contribution in [3.05, 3.63) is 72.4 Å². The minimum Gasteiger partial charge on any atom is -0.497 e. The van der Waals surface area contributed by atoms with Crippen molar-refractivity contribution in [2.24, 2.45) is 0 Å². The van der Waals surface area contributed by atoms with Crippen LogP contribution < -0.4 is 19.1 Å². The van der Waals surface area contributed by atoms with E-state index in [1.807, 2.05) is 30.3 Å². The zero-order valence-electron chi connectivity index (χ0n) is 19.1. The fourth-order valence-electron chi connectivity index (χ4n) is 4.06. The quantitative estimate of drug-likeness (QED) is 0.494. The Morgan fingerprint density at radius 1 is 1.03 bits per heavy atom. The number of nitrogens with one attached hydrogen (secondary N) is 1. The molecule has 10 heteroatoms. The average Bonchev–Trinajstić information content (AvgIpc) is 3.39. The van der Waals surface area contributed by atoms with E-state index in [0.717, 1.165) is 43.7 Å². The third kappa shape index (κ3) is 5.35. The minimum atomic E-state index is -3.93. The molecule has 34 heavy (non-hydrogen) atoms. The summed E-state index contributed by atoms with van der Waals surface area (Å²) in [6.07, 6.45) is 1.57. The molecule has 182 valence electrons. The van der Waals surface area contributed by atoms with Gasteiger partial charge in [0.1, 0.15) is 11.5 Å². The van der Waals surface area contributed by atoms with Crippen LogP contribution in [0.2, 0.25) is 0 Å². The summed E-state index contributed by atoms with van der Waals surface area (Å²) in [5.41, 5.74) is 1.11. The summed E-state index contributed by atoms with van der Waals surface area (Å²) in [5, 5.41) is 0. The molecule has 1 N–H and O–H groups in total. The maximum atomic E-state index is 14.1. The summed E-state index contributed by atoms with van der Waals surface area (Å²) in [6.45, 7) is 3.08. The monoisotopic (exact) mass is 489 g/mol. The molecule has 2 heterocycles. The largest absolute Gasteiger partial charge is 0.497 e. The number of halogens is 1. The SMILES string of the molecule is COc1ccc(N2CCN(C(CNS(=O)(=O)c3ccc(OC)c(F)c3)c3ccco3)CC2)cc1. The lowest BCUT2D eigenvalue weighted by molar-refractivity contribution is 0.166. The molecule has 0 bridgehead atoms. The normalized spacial score (nSPS) is 15.8. The second kappa shape index (κ2) is 10.5. The lowest BCUT2D eigenvalue weighted by Crippen LogP contribution is -2.49. The van der Waals surface area contributed by atoms with Crippen LogP contribution in [0.1, 0.15) is 11.8 Å². The van der Waals surface area contributed by atoms with Crippen molar-refractivity contribution in [3.8, 4) is 11.5 Å². The topological polar surface area (TPSA) is 84.2 Å². The summed E-state index contributed by atoms with van der Waals surface area (Å²) >= 11 is 0. The molecular formula is C24H28FN3O5S. The number of hydrogen-bond acceptors (Lipinski definition) is 7. The van der Waals surface area contributed by atoms with Gasteiger partial charge in [0.15, 0.2) is 11.6 Å². The molecule has 1 aliphatic rings. The van der Waals surface area contributed by atoms with Gasteiger partial charge in [-0.25, -0.2) is 17.5 Å². The van der Waals surface area contributed by atoms with Gasteiger partial charge in [-0.2, -0.15) is 0 Å². The van der Waals surface area contributed by atoms with Gasteiger partial charge in [0.25, 0.3) is 0 Å². The predicted octanol–water partition coefficient (Wildman–Crippen LogP) is 3.28. The summed E-state index contributed by atoms with van der Waals surface area (Å²) in [5.74, 6) is 0.732. The van der Waals surface area contributed by atoms with E-state index in [1.165, 1.54) is 19.2 Å². The number of methoxy groups -OCH3 is 2. The zero-order chi connectivity index (χ0) is 24.1. The van der Waals surface area contributed by atoms with Crippen molar-refractivity contribution < 1.29 is 26.7 Å². The summed E-state index contributed by atoms with van der Waals surface area (Å²) < 4.78 is 58.1. The van der Waals surface area contributed by atoms with Gasteiger partial charge in [0, 0.05) is 38.4 Å². The maximum Gasteiger partial charge on any atom is 0.240 e. The molecular weight excluding hydrogens is 461 g/mol. The van der Waals surface area contributed by atoms with Crippen LogP contribution in [0.4, 0.5) is 10.1 Å². The Bertz CT molecular complexity index is 1180. The first-order valence-corrected chi connectivity index (χ1v) is 12.4. The van der Waals surface area contributed by atoms with E-state index in [0.29, 0.717) is 5.76 Å². The number of nitrogens with zero attached hydrogens (tertiary/aromatic N) is 2. The van der Waals surface area contributed by atoms with Gasteiger partial charge in [-0.1, -0.05) is 0 Å². The Morgan fingerprint density at radius 3 is 2.35 bits per heavy atom. The minimum absolute atomic E-state index is 0.0119. The molecule has 0 aliphatic carbocycles. The molecule has 0 spiro atoms. The number of benzene rings is 2. The molecule has 3 aromatic rings. The molecule has 0 amide bonds. The molecule has 1 aromatic heterocycles. The van der Waals surface area contributed by atoms with Gasteiger partial charge < -0.3 is 18.8 Å². The molecule has 0 radical (unpaired) electrons. The first-order valence-electron chi connectivity index (χ1n) is 10.9. The van der Waals surface area contributed by atoms with Crippen molar-refractivity contribution >= 4 is 15.7 Å². The highest BCUT2D eigenvalue weighted by molar-refractivity contribution is 7.89. The number of rotatable bonds is 9. The standard InChI is InChI=1S/C24H28FN3O5S/c1-31-19-7-5-18(6-8-19)27-11-13-28(14-12-27)22(24-4-3-15-33-24)17-26-34(29,30)20-9-10-23(32-2)21(25)16-20/h3-10,15-16,22,26H,11-14,17H2,1-2H3. The fourth-order valence-corrected chi connectivity index (χ4v) is 5.11. The highest BCUT2D eigenvalue weighted by Gasteiger charge is 2.29. The van der Waals surface area contributed by atoms with Crippen LogP contribution in [-0.2, 0) is 10.0 Å². The molecule has 0 saturated carbocycles. The van der Waals surface area contributed by atoms with Gasteiger partial charge in [-0.3, -0.25) is 4.90 Å². The van der Waals surface area contributed by atoms with Crippen LogP contribution in [-0.4, -0.2) is 60.3 Å². The van der Waals surface area contributed by atoms with Crippen LogP contribution in [0.15, 0.2) is 70.2 Å². The first kappa shape index (κ1) is 24.1. The van der Waals surface area contributed by atoms with Gasteiger partial charge in [-0.15, -0.1) is 0 Å². The van der Waals surface area contributed by atoms with E-state index in [9.17, 15) is 12.8 Å². The van der Waals surface area contributed by atoms with Crippen LogP contribution in [0.5, 0.6) is 11.5 Å². The van der Waals surface area contributed by atoms with Crippen LogP contribution in [0.25, 0.3) is 0 Å². The molecule has 8 nitrogen and oxygen atoms in total. The van der Waals surface area contributed by atoms with E-state index in [1.54, 1.807) is 19.4 Å². The first-order chi connectivity index (χ1) is 16.4. The Hall–Kier alpha value is -3.08. The van der Waals surface area contributed by atoms with E-state index in [4.69, 9.17) is 13.9 Å². The molecule has 1 atom stereocenters. The fraction of sp³-hybridized carbons (Fsp3) is 0.333. The van der Waals surface area contributed by atoms with Gasteiger partial charge in [-0.05, 0) is 54.6 Å². The molecule has 4 rings (SSSR count). The zero-order valence-corrected chi connectivity index (χ0v) is 19.9. The Labute approximate surface area is 198 Å². The van der Waals surface area contributed by atoms with Crippen molar-refractivity contribution in [1.29, 1.82) is 0 Å². The molecule has 2 aromatic carbocycles. The number of anilines is 1. The lowest BCUT2D eigenvalue weighted by Gasteiger charge is -2.39. The molecule has 1 unspecified atom stereocenters. The Kier molecular flexibility index (Phi) is 7.40. The second-order valence-corrected chi connectivity index (χ2v) is 9.67. The van der Waals surface area contributed by atoms with Gasteiger partial charge in [0.2, 0.25) is 10.0 Å². The average molecular weight is 490 g/mol. The van der Waals surface area contributed by atoms with Crippen molar-refractivity contribution in [2.75, 3.05) is 51.8 Å². The van der Waals surface area contributed by atoms with Crippen molar-refractivity contribution in [1.82, 2.24) is 9.62 Å². The molecule has 1 fully saturated rings. The predicted molar refractivity (Wildman–Crippen MR) is 126 cm³/mol. The third-order valence-electron chi connectivity index (χ3n) is 5.96. The van der Waals surface area contributed by atoms with Gasteiger partial charge in [0.05, 0.1) is 31.4 Å². The van der Waals surface area contributed by atoms with Crippen LogP contribution in [0, 0.1) is 5.82 Å². The summed E-state index contributed by atoms with van der Waals surface area (Å²) in [7, 11) is -0.962. The summed E-state index contributed by atoms with van der Waals surface area (Å²) in [6, 6.07) is 14.8. The highest BCUT2D eigenvalue weighted by Crippen LogP contribution is 2.26. The van der Waals surface area contributed by atoms with E-state index in [2.05, 4.69) is 14.5 Å². The number of furan rings is 1. The molecule has 1 saturated heterocycles. The highest BCUT2D eigenvalue weighted by atomic mass is 32.2. The van der Waals surface area contributed by atoms with Crippen molar-refractivity contribution in [3.63, 3.8) is 0 Å². The van der Waals surface area contributed by atoms with E-state index >= 15 is 0 Å². The smallest absolute Gasteiger partial charge is 0.240 e. The maximum absolute atomic E-state index is 14.1. The van der Waals surface area contributed by atoms with Gasteiger partial charge >= 0.3 is 0 Å².